The zero-order chi connectivity index (χ0) is 14.1. The van der Waals surface area contributed by atoms with Crippen LogP contribution < -0.4 is 4.90 Å². The second-order valence-corrected chi connectivity index (χ2v) is 5.83. The summed E-state index contributed by atoms with van der Waals surface area (Å²) in [6.07, 6.45) is 0. The van der Waals surface area contributed by atoms with Crippen molar-refractivity contribution in [2.45, 2.75) is 6.92 Å². The van der Waals surface area contributed by atoms with Gasteiger partial charge in [-0.25, -0.2) is 4.98 Å². The van der Waals surface area contributed by atoms with Crippen LogP contribution in [-0.4, -0.2) is 23.6 Å². The Morgan fingerprint density at radius 1 is 1.25 bits per heavy atom. The number of hydrogen-bond acceptors (Lipinski definition) is 4. The van der Waals surface area contributed by atoms with Crippen molar-refractivity contribution >= 4 is 39.7 Å². The van der Waals surface area contributed by atoms with E-state index in [4.69, 9.17) is 11.6 Å². The summed E-state index contributed by atoms with van der Waals surface area (Å²) in [5.74, 6) is 0.876. The molecule has 0 aliphatic heterocycles. The second-order valence-electron chi connectivity index (χ2n) is 4.54. The van der Waals surface area contributed by atoms with Crippen LogP contribution in [0.3, 0.4) is 0 Å². The fourth-order valence-electron chi connectivity index (χ4n) is 2.12. The minimum absolute atomic E-state index is 0.289. The number of fused-ring (bicyclic) bond motifs is 1. The van der Waals surface area contributed by atoms with Gasteiger partial charge in [0.15, 0.2) is 0 Å². The fourth-order valence-corrected chi connectivity index (χ4v) is 3.02. The van der Waals surface area contributed by atoms with Gasteiger partial charge in [-0.2, -0.15) is 4.98 Å². The van der Waals surface area contributed by atoms with E-state index in [1.807, 2.05) is 13.1 Å². The van der Waals surface area contributed by atoms with E-state index in [9.17, 15) is 0 Å². The van der Waals surface area contributed by atoms with E-state index in [-0.39, 0.29) is 5.28 Å². The molecule has 1 aromatic carbocycles. The van der Waals surface area contributed by atoms with Crippen molar-refractivity contribution < 1.29 is 0 Å². The Balaban J connectivity index is 2.24. The van der Waals surface area contributed by atoms with E-state index >= 15 is 0 Å². The van der Waals surface area contributed by atoms with Gasteiger partial charge in [-0.3, -0.25) is 0 Å². The van der Waals surface area contributed by atoms with E-state index in [0.29, 0.717) is 0 Å². The van der Waals surface area contributed by atoms with Crippen LogP contribution in [0.4, 0.5) is 5.82 Å². The molecular formula is C15H14ClN3S. The number of thiophene rings is 1. The lowest BCUT2D eigenvalue weighted by Crippen LogP contribution is -2.18. The minimum atomic E-state index is 0.289. The highest BCUT2D eigenvalue weighted by Gasteiger charge is 2.11. The molecule has 2 heterocycles. The highest BCUT2D eigenvalue weighted by Crippen LogP contribution is 2.31. The molecule has 2 aromatic heterocycles. The third kappa shape index (κ3) is 2.37. The van der Waals surface area contributed by atoms with Crippen molar-refractivity contribution in [1.29, 1.82) is 0 Å². The van der Waals surface area contributed by atoms with E-state index in [1.54, 1.807) is 11.3 Å². The van der Waals surface area contributed by atoms with Crippen LogP contribution in [0.1, 0.15) is 6.92 Å². The van der Waals surface area contributed by atoms with Gasteiger partial charge in [-0.05, 0) is 47.7 Å². The average Bonchev–Trinajstić information content (AvgIpc) is 2.99. The molecular weight excluding hydrogens is 290 g/mol. The van der Waals surface area contributed by atoms with Gasteiger partial charge >= 0.3 is 0 Å². The summed E-state index contributed by atoms with van der Waals surface area (Å²) in [5, 5.41) is 3.40. The first kappa shape index (κ1) is 13.3. The maximum atomic E-state index is 6.02. The van der Waals surface area contributed by atoms with Gasteiger partial charge < -0.3 is 4.90 Å². The first-order chi connectivity index (χ1) is 9.69. The van der Waals surface area contributed by atoms with Crippen LogP contribution in [0.2, 0.25) is 5.28 Å². The monoisotopic (exact) mass is 303 g/mol. The standard InChI is InChI=1S/C15H14ClN3S/c1-3-19(2)14-11-9-10(13-5-4-8-20-13)6-7-12(11)17-15(16)18-14/h4-9H,3H2,1-2H3. The van der Waals surface area contributed by atoms with Crippen LogP contribution in [0, 0.1) is 0 Å². The first-order valence-corrected chi connectivity index (χ1v) is 7.67. The number of benzene rings is 1. The van der Waals surface area contributed by atoms with Crippen molar-refractivity contribution in [3.63, 3.8) is 0 Å². The molecule has 3 nitrogen and oxygen atoms in total. The third-order valence-electron chi connectivity index (χ3n) is 3.29. The lowest BCUT2D eigenvalue weighted by Gasteiger charge is -2.18. The van der Waals surface area contributed by atoms with Crippen LogP contribution in [0.5, 0.6) is 0 Å². The van der Waals surface area contributed by atoms with Crippen LogP contribution in [0.25, 0.3) is 21.3 Å². The molecule has 0 aliphatic carbocycles. The van der Waals surface area contributed by atoms with Crippen LogP contribution in [-0.2, 0) is 0 Å². The SMILES string of the molecule is CCN(C)c1nc(Cl)nc2ccc(-c3cccs3)cc12. The molecule has 0 fully saturated rings. The van der Waals surface area contributed by atoms with Gasteiger partial charge in [-0.15, -0.1) is 11.3 Å². The number of rotatable bonds is 3. The Morgan fingerprint density at radius 2 is 2.10 bits per heavy atom. The quantitative estimate of drug-likeness (QED) is 0.669. The van der Waals surface area contributed by atoms with Gasteiger partial charge in [-0.1, -0.05) is 12.1 Å². The molecule has 0 bridgehead atoms. The number of anilines is 1. The highest BCUT2D eigenvalue weighted by molar-refractivity contribution is 7.13. The molecule has 0 spiro atoms. The van der Waals surface area contributed by atoms with Crippen molar-refractivity contribution in [2.75, 3.05) is 18.5 Å². The Kier molecular flexibility index (Phi) is 3.59. The zero-order valence-electron chi connectivity index (χ0n) is 11.3. The largest absolute Gasteiger partial charge is 0.359 e. The summed E-state index contributed by atoms with van der Waals surface area (Å²) >= 11 is 7.74. The number of hydrogen-bond donors (Lipinski definition) is 0. The molecule has 0 amide bonds. The van der Waals surface area contributed by atoms with E-state index < -0.39 is 0 Å². The molecule has 0 atom stereocenters. The smallest absolute Gasteiger partial charge is 0.224 e. The van der Waals surface area contributed by atoms with Crippen molar-refractivity contribution in [3.8, 4) is 10.4 Å². The summed E-state index contributed by atoms with van der Waals surface area (Å²) in [6.45, 7) is 2.95. The van der Waals surface area contributed by atoms with E-state index in [2.05, 4.69) is 51.4 Å². The van der Waals surface area contributed by atoms with Crippen molar-refractivity contribution in [2.24, 2.45) is 0 Å². The van der Waals surface area contributed by atoms with Crippen molar-refractivity contribution in [3.05, 3.63) is 41.0 Å². The highest BCUT2D eigenvalue weighted by atomic mass is 35.5. The molecule has 5 heteroatoms. The molecule has 0 N–H and O–H groups in total. The van der Waals surface area contributed by atoms with Gasteiger partial charge in [0.05, 0.1) is 5.52 Å². The summed E-state index contributed by atoms with van der Waals surface area (Å²) in [5.41, 5.74) is 2.06. The minimum Gasteiger partial charge on any atom is -0.359 e. The number of nitrogens with zero attached hydrogens (tertiary/aromatic N) is 3. The van der Waals surface area contributed by atoms with Gasteiger partial charge in [0.1, 0.15) is 5.82 Å². The molecule has 0 saturated carbocycles. The third-order valence-corrected chi connectivity index (χ3v) is 4.38. The summed E-state index contributed by atoms with van der Waals surface area (Å²) in [4.78, 5) is 12.0. The Labute approximate surface area is 126 Å². The molecule has 0 saturated heterocycles. The maximum absolute atomic E-state index is 6.02. The normalized spacial score (nSPS) is 10.9. The second kappa shape index (κ2) is 5.38. The van der Waals surface area contributed by atoms with Gasteiger partial charge in [0, 0.05) is 23.9 Å². The van der Waals surface area contributed by atoms with E-state index in [1.165, 1.54) is 10.4 Å². The lowest BCUT2D eigenvalue weighted by atomic mass is 10.1. The predicted molar refractivity (Wildman–Crippen MR) is 86.8 cm³/mol. The Morgan fingerprint density at radius 3 is 2.80 bits per heavy atom. The molecule has 3 aromatic rings. The molecule has 0 radical (unpaired) electrons. The number of aromatic nitrogens is 2. The topological polar surface area (TPSA) is 29.0 Å². The van der Waals surface area contributed by atoms with Crippen molar-refractivity contribution in [1.82, 2.24) is 9.97 Å². The van der Waals surface area contributed by atoms with Crippen LogP contribution in [0.15, 0.2) is 35.7 Å². The Bertz CT molecular complexity index is 740. The molecule has 20 heavy (non-hydrogen) atoms. The summed E-state index contributed by atoms with van der Waals surface area (Å²) in [6, 6.07) is 10.4. The Hall–Kier alpha value is -1.65. The molecule has 0 aliphatic rings. The van der Waals surface area contributed by atoms with Gasteiger partial charge in [0.2, 0.25) is 5.28 Å². The lowest BCUT2D eigenvalue weighted by molar-refractivity contribution is 0.940. The fraction of sp³-hybridized carbons (Fsp3) is 0.200. The zero-order valence-corrected chi connectivity index (χ0v) is 12.9. The first-order valence-electron chi connectivity index (χ1n) is 6.41. The number of halogens is 1. The average molecular weight is 304 g/mol. The predicted octanol–water partition coefficient (Wildman–Crippen LogP) is 4.47. The summed E-state index contributed by atoms with van der Waals surface area (Å²) in [7, 11) is 2.01. The van der Waals surface area contributed by atoms with E-state index in [0.717, 1.165) is 23.3 Å². The molecule has 3 rings (SSSR count). The molecule has 102 valence electrons. The van der Waals surface area contributed by atoms with Crippen LogP contribution >= 0.6 is 22.9 Å². The summed E-state index contributed by atoms with van der Waals surface area (Å²) < 4.78 is 0. The van der Waals surface area contributed by atoms with Gasteiger partial charge in [0.25, 0.3) is 0 Å². The molecule has 0 unspecified atom stereocenters. The maximum Gasteiger partial charge on any atom is 0.224 e.